The predicted octanol–water partition coefficient (Wildman–Crippen LogP) is 17.4. The third-order valence-electron chi connectivity index (χ3n) is 12.8. The maximum absolute atomic E-state index is 12.5. The first-order valence-electron chi connectivity index (χ1n) is 28.4. The lowest BCUT2D eigenvalue weighted by atomic mass is 10.0. The number of esters is 1. The molecule has 0 aromatic carbocycles. The summed E-state index contributed by atoms with van der Waals surface area (Å²) in [5.74, 6) is -0.158. The third kappa shape index (κ3) is 51.1. The number of aliphatic hydroxyl groups excluding tert-OH is 2. The minimum Gasteiger partial charge on any atom is -0.466 e. The highest BCUT2D eigenvalue weighted by molar-refractivity contribution is 5.76. The number of ether oxygens (including phenoxy) is 1. The molecule has 0 aliphatic rings. The van der Waals surface area contributed by atoms with Gasteiger partial charge in [0.25, 0.3) is 0 Å². The number of allylic oxidation sites excluding steroid dienone is 7. The number of amides is 1. The van der Waals surface area contributed by atoms with Crippen molar-refractivity contribution in [1.82, 2.24) is 5.32 Å². The van der Waals surface area contributed by atoms with Gasteiger partial charge in [-0.2, -0.15) is 0 Å². The van der Waals surface area contributed by atoms with Gasteiger partial charge in [-0.3, -0.25) is 9.59 Å². The fraction of sp³-hybridized carbons (Fsp3) is 0.831. The fourth-order valence-corrected chi connectivity index (χ4v) is 8.43. The lowest BCUT2D eigenvalue weighted by Crippen LogP contribution is -2.45. The van der Waals surface area contributed by atoms with Gasteiger partial charge in [-0.05, 0) is 83.5 Å². The van der Waals surface area contributed by atoms with Crippen molar-refractivity contribution >= 4 is 11.9 Å². The van der Waals surface area contributed by atoms with E-state index in [1.54, 1.807) is 6.08 Å². The third-order valence-corrected chi connectivity index (χ3v) is 12.8. The molecule has 2 unspecified atom stereocenters. The summed E-state index contributed by atoms with van der Waals surface area (Å²) in [6, 6.07) is -0.656. The van der Waals surface area contributed by atoms with Gasteiger partial charge < -0.3 is 20.3 Å². The van der Waals surface area contributed by atoms with E-state index in [-0.39, 0.29) is 18.5 Å². The fourth-order valence-electron chi connectivity index (χ4n) is 8.43. The summed E-state index contributed by atoms with van der Waals surface area (Å²) in [4.78, 5) is 24.5. The molecule has 0 aliphatic carbocycles. The van der Waals surface area contributed by atoms with Gasteiger partial charge in [0.2, 0.25) is 5.91 Å². The Morgan fingerprint density at radius 3 is 1.25 bits per heavy atom. The van der Waals surface area contributed by atoms with E-state index in [1.165, 1.54) is 173 Å². The number of carbonyl (C=O) groups is 2. The van der Waals surface area contributed by atoms with Crippen molar-refractivity contribution in [2.24, 2.45) is 0 Å². The minimum absolute atomic E-state index is 0.0538. The minimum atomic E-state index is -0.869. The highest BCUT2D eigenvalue weighted by Gasteiger charge is 2.18. The van der Waals surface area contributed by atoms with Crippen molar-refractivity contribution in [2.45, 2.75) is 302 Å². The first-order chi connectivity index (χ1) is 32.0. The molecule has 0 fully saturated rings. The Hall–Kier alpha value is -2.18. The number of aliphatic hydroxyl groups is 2. The number of hydrogen-bond donors (Lipinski definition) is 3. The lowest BCUT2D eigenvalue weighted by Gasteiger charge is -2.20. The van der Waals surface area contributed by atoms with Crippen molar-refractivity contribution in [3.8, 4) is 0 Å². The van der Waals surface area contributed by atoms with Gasteiger partial charge in [0.15, 0.2) is 0 Å². The van der Waals surface area contributed by atoms with E-state index in [0.717, 1.165) is 89.9 Å². The Bertz CT molecular complexity index is 1100. The van der Waals surface area contributed by atoms with Crippen LogP contribution in [0.25, 0.3) is 0 Å². The average molecular weight is 913 g/mol. The Morgan fingerprint density at radius 1 is 0.431 bits per heavy atom. The SMILES string of the molecule is CCC/C=C\C/C=C\CCCCCCCC(=O)OCCCC/C=C\CCCCCCC(=O)NC(CO)C(O)/C=C/CCCCCCCCCCCCCCCCCCCCCCCCC. The zero-order chi connectivity index (χ0) is 47.2. The molecule has 0 bridgehead atoms. The van der Waals surface area contributed by atoms with Crippen molar-refractivity contribution in [1.29, 1.82) is 0 Å². The molecule has 0 aromatic rings. The van der Waals surface area contributed by atoms with Gasteiger partial charge in [-0.25, -0.2) is 0 Å². The predicted molar refractivity (Wildman–Crippen MR) is 282 cm³/mol. The van der Waals surface area contributed by atoms with E-state index in [4.69, 9.17) is 4.74 Å². The van der Waals surface area contributed by atoms with Gasteiger partial charge in [-0.15, -0.1) is 0 Å². The Balaban J connectivity index is 3.56. The number of carbonyl (C=O) groups excluding carboxylic acids is 2. The molecular weight excluding hydrogens is 803 g/mol. The molecule has 1 amide bonds. The van der Waals surface area contributed by atoms with E-state index in [1.807, 2.05) is 6.08 Å². The van der Waals surface area contributed by atoms with Crippen LogP contribution in [0.3, 0.4) is 0 Å². The number of nitrogens with one attached hydrogen (secondary N) is 1. The van der Waals surface area contributed by atoms with Crippen LogP contribution in [0, 0.1) is 0 Å². The molecule has 2 atom stereocenters. The van der Waals surface area contributed by atoms with Crippen LogP contribution in [0.15, 0.2) is 48.6 Å². The molecule has 0 saturated carbocycles. The molecular formula is C59H109NO5. The summed E-state index contributed by atoms with van der Waals surface area (Å²) in [5, 5.41) is 23.1. The van der Waals surface area contributed by atoms with Crippen LogP contribution in [0.5, 0.6) is 0 Å². The van der Waals surface area contributed by atoms with Crippen LogP contribution in [0.1, 0.15) is 290 Å². The van der Waals surface area contributed by atoms with Crippen LogP contribution in [-0.2, 0) is 14.3 Å². The van der Waals surface area contributed by atoms with Crippen molar-refractivity contribution in [3.05, 3.63) is 48.6 Å². The van der Waals surface area contributed by atoms with Crippen LogP contribution < -0.4 is 5.32 Å². The van der Waals surface area contributed by atoms with E-state index >= 15 is 0 Å². The van der Waals surface area contributed by atoms with Gasteiger partial charge in [0, 0.05) is 12.8 Å². The summed E-state index contributed by atoms with van der Waals surface area (Å²) >= 11 is 0. The quantitative estimate of drug-likeness (QED) is 0.0321. The molecule has 0 aliphatic heterocycles. The van der Waals surface area contributed by atoms with Crippen molar-refractivity contribution < 1.29 is 24.5 Å². The van der Waals surface area contributed by atoms with Crippen molar-refractivity contribution in [2.75, 3.05) is 13.2 Å². The summed E-state index contributed by atoms with van der Waals surface area (Å²) in [6.07, 6.45) is 68.5. The highest BCUT2D eigenvalue weighted by atomic mass is 16.5. The summed E-state index contributed by atoms with van der Waals surface area (Å²) in [6.45, 7) is 4.75. The Labute approximate surface area is 404 Å². The van der Waals surface area contributed by atoms with Gasteiger partial charge in [-0.1, -0.05) is 242 Å². The molecule has 6 nitrogen and oxygen atoms in total. The highest BCUT2D eigenvalue weighted by Crippen LogP contribution is 2.16. The molecule has 380 valence electrons. The van der Waals surface area contributed by atoms with E-state index in [0.29, 0.717) is 19.4 Å². The summed E-state index contributed by atoms with van der Waals surface area (Å²) in [7, 11) is 0. The molecule has 0 aromatic heterocycles. The van der Waals surface area contributed by atoms with Gasteiger partial charge in [0.05, 0.1) is 25.4 Å². The summed E-state index contributed by atoms with van der Waals surface area (Å²) < 4.78 is 5.42. The Kier molecular flexibility index (Phi) is 52.6. The Morgan fingerprint density at radius 2 is 0.800 bits per heavy atom. The zero-order valence-corrected chi connectivity index (χ0v) is 43.2. The number of unbranched alkanes of at least 4 members (excludes halogenated alkanes) is 35. The molecule has 0 radical (unpaired) electrons. The standard InChI is InChI=1S/C59H109NO5/c1-3-5-7-9-11-13-15-17-18-19-20-21-22-23-24-25-26-27-28-30-31-35-39-43-47-51-57(62)56(55-61)60-58(63)52-48-44-40-36-33-34-38-42-46-50-54-65-59(64)53-49-45-41-37-32-29-16-14-12-10-8-6-4-2/h8,10,14,16,34,38,47,51,56-57,61-62H,3-7,9,11-13,15,17-33,35-37,39-46,48-50,52-55H2,1-2H3,(H,60,63)/b10-8-,16-14-,38-34-,51-47+. The lowest BCUT2D eigenvalue weighted by molar-refractivity contribution is -0.143. The molecule has 0 heterocycles. The molecule has 0 saturated heterocycles. The van der Waals surface area contributed by atoms with E-state index in [9.17, 15) is 19.8 Å². The second-order valence-corrected chi connectivity index (χ2v) is 19.3. The second-order valence-electron chi connectivity index (χ2n) is 19.3. The first kappa shape index (κ1) is 62.8. The maximum Gasteiger partial charge on any atom is 0.305 e. The van der Waals surface area contributed by atoms with E-state index in [2.05, 4.69) is 55.6 Å². The van der Waals surface area contributed by atoms with Crippen LogP contribution in [0.4, 0.5) is 0 Å². The second kappa shape index (κ2) is 54.4. The normalized spacial score (nSPS) is 13.0. The largest absolute Gasteiger partial charge is 0.466 e. The van der Waals surface area contributed by atoms with Gasteiger partial charge in [0.1, 0.15) is 0 Å². The molecule has 3 N–H and O–H groups in total. The first-order valence-corrected chi connectivity index (χ1v) is 28.4. The topological polar surface area (TPSA) is 95.9 Å². The number of hydrogen-bond acceptors (Lipinski definition) is 5. The van der Waals surface area contributed by atoms with E-state index < -0.39 is 12.1 Å². The van der Waals surface area contributed by atoms with Crippen LogP contribution in [-0.4, -0.2) is 47.4 Å². The average Bonchev–Trinajstić information content (AvgIpc) is 3.31. The summed E-state index contributed by atoms with van der Waals surface area (Å²) in [5.41, 5.74) is 0. The molecule has 65 heavy (non-hydrogen) atoms. The van der Waals surface area contributed by atoms with Crippen LogP contribution in [0.2, 0.25) is 0 Å². The molecule has 6 heteroatoms. The van der Waals surface area contributed by atoms with Crippen LogP contribution >= 0.6 is 0 Å². The molecule has 0 rings (SSSR count). The van der Waals surface area contributed by atoms with Gasteiger partial charge >= 0.3 is 5.97 Å². The number of rotatable bonds is 52. The monoisotopic (exact) mass is 912 g/mol. The van der Waals surface area contributed by atoms with Crippen molar-refractivity contribution in [3.63, 3.8) is 0 Å². The smallest absolute Gasteiger partial charge is 0.305 e. The zero-order valence-electron chi connectivity index (χ0n) is 43.2. The maximum atomic E-state index is 12.5. The molecule has 0 spiro atoms.